The first kappa shape index (κ1) is 23.4. The molecule has 176 valence electrons. The minimum Gasteiger partial charge on any atom is -0.495 e. The van der Waals surface area contributed by atoms with E-state index in [-0.39, 0.29) is 12.6 Å². The largest absolute Gasteiger partial charge is 0.495 e. The highest BCUT2D eigenvalue weighted by Gasteiger charge is 2.19. The molecule has 2 aromatic heterocycles. The van der Waals surface area contributed by atoms with E-state index in [9.17, 15) is 9.90 Å². The number of pyridine rings is 1. The van der Waals surface area contributed by atoms with E-state index in [1.165, 1.54) is 0 Å². The zero-order valence-corrected chi connectivity index (χ0v) is 19.7. The topological polar surface area (TPSA) is 79.5 Å². The summed E-state index contributed by atoms with van der Waals surface area (Å²) in [4.78, 5) is 21.0. The average molecular weight is 473 g/mol. The molecule has 3 heterocycles. The number of anilines is 1. The number of methoxy groups -OCH3 is 1. The number of aromatic nitrogens is 2. The predicted octanol–water partition coefficient (Wildman–Crippen LogP) is 3.23. The Morgan fingerprint density at radius 3 is 2.70 bits per heavy atom. The summed E-state index contributed by atoms with van der Waals surface area (Å²) in [6, 6.07) is 7.68. The van der Waals surface area contributed by atoms with E-state index < -0.39 is 0 Å². The van der Waals surface area contributed by atoms with Crippen LogP contribution in [0.5, 0.6) is 5.75 Å². The predicted molar refractivity (Wildman–Crippen MR) is 128 cm³/mol. The molecule has 1 N–H and O–H groups in total. The van der Waals surface area contributed by atoms with Gasteiger partial charge < -0.3 is 23.9 Å². The third-order valence-corrected chi connectivity index (χ3v) is 6.24. The van der Waals surface area contributed by atoms with E-state index in [1.807, 2.05) is 23.7 Å². The number of aliphatic hydroxyl groups excluding tert-OH is 1. The molecule has 4 rings (SSSR count). The van der Waals surface area contributed by atoms with Crippen molar-refractivity contribution in [1.29, 1.82) is 0 Å². The molecule has 3 aromatic rings. The SMILES string of the molecule is CCOC(=O)CCN1CCN(c2ccn3cc(-c4cc(Cl)c(OC)cc4CO)nc3c2)CC1. The smallest absolute Gasteiger partial charge is 0.307 e. The highest BCUT2D eigenvalue weighted by atomic mass is 35.5. The molecule has 1 aliphatic rings. The molecule has 1 fully saturated rings. The Morgan fingerprint density at radius 2 is 2.00 bits per heavy atom. The van der Waals surface area contributed by atoms with Crippen molar-refractivity contribution < 1.29 is 19.4 Å². The summed E-state index contributed by atoms with van der Waals surface area (Å²) in [7, 11) is 1.55. The summed E-state index contributed by atoms with van der Waals surface area (Å²) >= 11 is 6.32. The van der Waals surface area contributed by atoms with Gasteiger partial charge in [0, 0.05) is 62.4 Å². The summed E-state index contributed by atoms with van der Waals surface area (Å²) in [6.45, 7) is 6.41. The van der Waals surface area contributed by atoms with Crippen molar-refractivity contribution in [2.75, 3.05) is 51.3 Å². The molecule has 1 aromatic carbocycles. The molecule has 0 bridgehead atoms. The molecule has 0 aliphatic carbocycles. The first-order chi connectivity index (χ1) is 16.0. The lowest BCUT2D eigenvalue weighted by Gasteiger charge is -2.35. The number of hydrogen-bond acceptors (Lipinski definition) is 7. The van der Waals surface area contributed by atoms with Gasteiger partial charge in [-0.3, -0.25) is 9.69 Å². The number of esters is 1. The first-order valence-electron chi connectivity index (χ1n) is 11.1. The van der Waals surface area contributed by atoms with Crippen LogP contribution >= 0.6 is 11.6 Å². The molecule has 0 saturated carbocycles. The van der Waals surface area contributed by atoms with E-state index in [1.54, 1.807) is 19.2 Å². The van der Waals surface area contributed by atoms with Crippen LogP contribution < -0.4 is 9.64 Å². The van der Waals surface area contributed by atoms with Crippen LogP contribution in [0.1, 0.15) is 18.9 Å². The Balaban J connectivity index is 1.47. The van der Waals surface area contributed by atoms with Gasteiger partial charge in [-0.1, -0.05) is 11.6 Å². The normalized spacial score (nSPS) is 14.6. The number of rotatable bonds is 8. The van der Waals surface area contributed by atoms with Crippen molar-refractivity contribution in [2.24, 2.45) is 0 Å². The number of aliphatic hydroxyl groups is 1. The minimum atomic E-state index is -0.136. The van der Waals surface area contributed by atoms with Gasteiger partial charge in [0.25, 0.3) is 0 Å². The Morgan fingerprint density at radius 1 is 1.21 bits per heavy atom. The molecule has 0 radical (unpaired) electrons. The Labute approximate surface area is 198 Å². The molecule has 0 unspecified atom stereocenters. The summed E-state index contributed by atoms with van der Waals surface area (Å²) in [5, 5.41) is 10.3. The molecule has 0 spiro atoms. The number of benzene rings is 1. The lowest BCUT2D eigenvalue weighted by atomic mass is 10.1. The second kappa shape index (κ2) is 10.4. The summed E-state index contributed by atoms with van der Waals surface area (Å²) in [5.74, 6) is 0.389. The van der Waals surface area contributed by atoms with Crippen molar-refractivity contribution >= 4 is 28.9 Å². The van der Waals surface area contributed by atoms with Gasteiger partial charge in [0.15, 0.2) is 0 Å². The first-order valence-corrected chi connectivity index (χ1v) is 11.5. The van der Waals surface area contributed by atoms with Crippen LogP contribution in [0.3, 0.4) is 0 Å². The number of nitrogens with zero attached hydrogens (tertiary/aromatic N) is 4. The van der Waals surface area contributed by atoms with Gasteiger partial charge in [-0.05, 0) is 30.7 Å². The fourth-order valence-electron chi connectivity index (χ4n) is 4.13. The molecule has 0 atom stereocenters. The molecular weight excluding hydrogens is 444 g/mol. The van der Waals surface area contributed by atoms with Crippen molar-refractivity contribution in [3.05, 3.63) is 47.2 Å². The fraction of sp³-hybridized carbons (Fsp3) is 0.417. The van der Waals surface area contributed by atoms with E-state index in [4.69, 9.17) is 26.1 Å². The molecule has 1 aliphatic heterocycles. The van der Waals surface area contributed by atoms with Gasteiger partial charge in [-0.25, -0.2) is 4.98 Å². The van der Waals surface area contributed by atoms with Crippen LogP contribution in [0.4, 0.5) is 5.69 Å². The lowest BCUT2D eigenvalue weighted by Crippen LogP contribution is -2.47. The molecule has 33 heavy (non-hydrogen) atoms. The maximum absolute atomic E-state index is 11.6. The number of fused-ring (bicyclic) bond motifs is 1. The van der Waals surface area contributed by atoms with Crippen LogP contribution in [-0.4, -0.2) is 71.8 Å². The summed E-state index contributed by atoms with van der Waals surface area (Å²) in [5.41, 5.74) is 4.16. The van der Waals surface area contributed by atoms with E-state index in [0.29, 0.717) is 29.4 Å². The Hall–Kier alpha value is -2.81. The number of piperazine rings is 1. The molecular formula is C24H29ClN4O4. The maximum Gasteiger partial charge on any atom is 0.307 e. The van der Waals surface area contributed by atoms with Gasteiger partial charge in [0.2, 0.25) is 0 Å². The van der Waals surface area contributed by atoms with Gasteiger partial charge in [-0.2, -0.15) is 0 Å². The van der Waals surface area contributed by atoms with Gasteiger partial charge in [0.1, 0.15) is 11.4 Å². The fourth-order valence-corrected chi connectivity index (χ4v) is 4.37. The highest BCUT2D eigenvalue weighted by Crippen LogP contribution is 2.34. The molecule has 9 heteroatoms. The van der Waals surface area contributed by atoms with Crippen LogP contribution in [0, 0.1) is 0 Å². The van der Waals surface area contributed by atoms with Gasteiger partial charge in [-0.15, -0.1) is 0 Å². The van der Waals surface area contributed by atoms with Crippen molar-refractivity contribution in [2.45, 2.75) is 20.0 Å². The standard InChI is InChI=1S/C24H29ClN4O4/c1-3-33-24(31)5-6-27-8-10-28(11-9-27)18-4-7-29-15-21(26-23(29)13-18)19-14-20(25)22(32-2)12-17(19)16-30/h4,7,12-15,30H,3,5-6,8-11,16H2,1-2H3. The average Bonchev–Trinajstić information content (AvgIpc) is 3.26. The maximum atomic E-state index is 11.6. The molecule has 0 amide bonds. The van der Waals surface area contributed by atoms with Crippen molar-refractivity contribution in [3.63, 3.8) is 0 Å². The van der Waals surface area contributed by atoms with E-state index >= 15 is 0 Å². The third kappa shape index (κ3) is 5.24. The second-order valence-electron chi connectivity index (χ2n) is 7.96. The van der Waals surface area contributed by atoms with Gasteiger partial charge in [0.05, 0.1) is 37.5 Å². The van der Waals surface area contributed by atoms with Crippen LogP contribution in [0.2, 0.25) is 5.02 Å². The minimum absolute atomic E-state index is 0.136. The number of hydrogen-bond donors (Lipinski definition) is 1. The molecule has 1 saturated heterocycles. The monoisotopic (exact) mass is 472 g/mol. The lowest BCUT2D eigenvalue weighted by molar-refractivity contribution is -0.143. The van der Waals surface area contributed by atoms with Gasteiger partial charge >= 0.3 is 5.97 Å². The number of carbonyl (C=O) groups is 1. The summed E-state index contributed by atoms with van der Waals surface area (Å²) < 4.78 is 12.2. The number of ether oxygens (including phenoxy) is 2. The molecule has 8 nitrogen and oxygen atoms in total. The van der Waals surface area contributed by atoms with Crippen molar-refractivity contribution in [1.82, 2.24) is 14.3 Å². The number of carbonyl (C=O) groups excluding carboxylic acids is 1. The Kier molecular flexibility index (Phi) is 7.37. The van der Waals surface area contributed by atoms with Crippen LogP contribution in [0.25, 0.3) is 16.9 Å². The van der Waals surface area contributed by atoms with Crippen LogP contribution in [-0.2, 0) is 16.1 Å². The summed E-state index contributed by atoms with van der Waals surface area (Å²) in [6.07, 6.45) is 4.36. The zero-order valence-electron chi connectivity index (χ0n) is 19.0. The Bertz CT molecular complexity index is 1130. The second-order valence-corrected chi connectivity index (χ2v) is 8.37. The quantitative estimate of drug-likeness (QED) is 0.504. The van der Waals surface area contributed by atoms with Crippen LogP contribution in [0.15, 0.2) is 36.7 Å². The van der Waals surface area contributed by atoms with E-state index in [0.717, 1.165) is 55.3 Å². The zero-order chi connectivity index (χ0) is 23.4. The van der Waals surface area contributed by atoms with Crippen molar-refractivity contribution in [3.8, 4) is 17.0 Å². The number of imidazole rings is 1. The third-order valence-electron chi connectivity index (χ3n) is 5.94. The number of halogens is 1. The van der Waals surface area contributed by atoms with E-state index in [2.05, 4.69) is 21.9 Å². The highest BCUT2D eigenvalue weighted by molar-refractivity contribution is 6.32.